The molecule has 1 heterocycles. The van der Waals surface area contributed by atoms with E-state index < -0.39 is 0 Å². The Bertz CT molecular complexity index is 901. The summed E-state index contributed by atoms with van der Waals surface area (Å²) in [5.74, 6) is -0.144. The predicted molar refractivity (Wildman–Crippen MR) is 95.0 cm³/mol. The van der Waals surface area contributed by atoms with Crippen LogP contribution < -0.4 is 15.9 Å². The summed E-state index contributed by atoms with van der Waals surface area (Å²) >= 11 is 3.40. The molecule has 118 valence electrons. The number of para-hydroxylation sites is 1. The van der Waals surface area contributed by atoms with Crippen molar-refractivity contribution in [3.05, 3.63) is 57.4 Å². The van der Waals surface area contributed by atoms with E-state index in [2.05, 4.69) is 31.2 Å². The number of likely N-dealkylation sites (N-methyl/N-ethyl adjacent to an activating group) is 1. The normalized spacial score (nSPS) is 10.7. The summed E-state index contributed by atoms with van der Waals surface area (Å²) in [5, 5.41) is 2.85. The number of amides is 1. The molecule has 6 nitrogen and oxygen atoms in total. The van der Waals surface area contributed by atoms with Crippen molar-refractivity contribution in [2.75, 3.05) is 23.8 Å². The average molecular weight is 375 g/mol. The van der Waals surface area contributed by atoms with Crippen LogP contribution in [0.5, 0.6) is 0 Å². The third kappa shape index (κ3) is 3.45. The second-order valence-electron chi connectivity index (χ2n) is 5.20. The molecule has 0 atom stereocenters. The van der Waals surface area contributed by atoms with E-state index in [1.165, 1.54) is 0 Å². The number of benzene rings is 2. The van der Waals surface area contributed by atoms with Gasteiger partial charge in [0.1, 0.15) is 0 Å². The Labute approximate surface area is 140 Å². The van der Waals surface area contributed by atoms with Gasteiger partial charge in [0.05, 0.1) is 23.3 Å². The van der Waals surface area contributed by atoms with E-state index in [1.807, 2.05) is 42.3 Å². The molecular weight excluding hydrogens is 360 g/mol. The van der Waals surface area contributed by atoms with Gasteiger partial charge in [-0.15, -0.1) is 0 Å². The number of imidazole rings is 1. The Balaban J connectivity index is 1.75. The lowest BCUT2D eigenvalue weighted by molar-refractivity contribution is -0.114. The van der Waals surface area contributed by atoms with Gasteiger partial charge in [-0.05, 0) is 40.2 Å². The van der Waals surface area contributed by atoms with Gasteiger partial charge in [0, 0.05) is 17.2 Å². The molecule has 0 aliphatic carbocycles. The number of halogens is 1. The SMILES string of the molecule is CN(CC(=O)Nc1cc2[nH]c(=O)[nH]c2cc1Br)c1ccccc1. The van der Waals surface area contributed by atoms with Crippen molar-refractivity contribution < 1.29 is 4.79 Å². The van der Waals surface area contributed by atoms with Crippen LogP contribution in [0.2, 0.25) is 0 Å². The highest BCUT2D eigenvalue weighted by Crippen LogP contribution is 2.26. The maximum Gasteiger partial charge on any atom is 0.323 e. The lowest BCUT2D eigenvalue weighted by Gasteiger charge is -2.18. The predicted octanol–water partition coefficient (Wildman–Crippen LogP) is 2.69. The van der Waals surface area contributed by atoms with Gasteiger partial charge in [0.15, 0.2) is 0 Å². The quantitative estimate of drug-likeness (QED) is 0.656. The lowest BCUT2D eigenvalue weighted by atomic mass is 10.2. The highest BCUT2D eigenvalue weighted by atomic mass is 79.9. The van der Waals surface area contributed by atoms with Crippen LogP contribution in [0.15, 0.2) is 51.7 Å². The number of aromatic nitrogens is 2. The first kappa shape index (κ1) is 15.4. The van der Waals surface area contributed by atoms with Crippen molar-refractivity contribution in [3.63, 3.8) is 0 Å². The highest BCUT2D eigenvalue weighted by Gasteiger charge is 2.11. The number of rotatable bonds is 4. The van der Waals surface area contributed by atoms with Crippen LogP contribution in [-0.4, -0.2) is 29.5 Å². The minimum Gasteiger partial charge on any atom is -0.365 e. The van der Waals surface area contributed by atoms with Gasteiger partial charge in [-0.2, -0.15) is 0 Å². The van der Waals surface area contributed by atoms with Crippen LogP contribution in [0.25, 0.3) is 11.0 Å². The summed E-state index contributed by atoms with van der Waals surface area (Å²) in [6.45, 7) is 0.220. The molecule has 0 saturated heterocycles. The van der Waals surface area contributed by atoms with E-state index in [9.17, 15) is 9.59 Å². The number of nitrogens with zero attached hydrogens (tertiary/aromatic N) is 1. The zero-order valence-corrected chi connectivity index (χ0v) is 14.0. The molecule has 0 aliphatic rings. The van der Waals surface area contributed by atoms with Crippen molar-refractivity contribution in [1.29, 1.82) is 0 Å². The minimum atomic E-state index is -0.279. The van der Waals surface area contributed by atoms with Gasteiger partial charge >= 0.3 is 5.69 Å². The largest absolute Gasteiger partial charge is 0.365 e. The average Bonchev–Trinajstić information content (AvgIpc) is 2.87. The fourth-order valence-corrected chi connectivity index (χ4v) is 2.77. The number of hydrogen-bond donors (Lipinski definition) is 3. The summed E-state index contributed by atoms with van der Waals surface area (Å²) in [6.07, 6.45) is 0. The molecule has 0 spiro atoms. The Morgan fingerprint density at radius 3 is 2.52 bits per heavy atom. The van der Waals surface area contributed by atoms with Gasteiger partial charge in [-0.3, -0.25) is 4.79 Å². The second kappa shape index (κ2) is 6.29. The number of nitrogens with one attached hydrogen (secondary N) is 3. The van der Waals surface area contributed by atoms with Crippen LogP contribution in [-0.2, 0) is 4.79 Å². The molecule has 0 unspecified atom stereocenters. The molecule has 0 saturated carbocycles. The first-order valence-corrected chi connectivity index (χ1v) is 7.80. The van der Waals surface area contributed by atoms with Crippen molar-refractivity contribution >= 4 is 44.2 Å². The molecule has 3 rings (SSSR count). The third-order valence-electron chi connectivity index (χ3n) is 3.46. The van der Waals surface area contributed by atoms with Crippen LogP contribution in [0, 0.1) is 0 Å². The number of H-pyrrole nitrogens is 2. The number of fused-ring (bicyclic) bond motifs is 1. The monoisotopic (exact) mass is 374 g/mol. The minimum absolute atomic E-state index is 0.144. The van der Waals surface area contributed by atoms with E-state index in [0.717, 1.165) is 5.69 Å². The molecule has 2 aromatic carbocycles. The molecular formula is C16H15BrN4O2. The Kier molecular flexibility index (Phi) is 4.20. The summed E-state index contributed by atoms with van der Waals surface area (Å²) in [5.41, 5.74) is 2.62. The molecule has 0 radical (unpaired) electrons. The zero-order chi connectivity index (χ0) is 16.4. The molecule has 23 heavy (non-hydrogen) atoms. The van der Waals surface area contributed by atoms with Gasteiger partial charge in [-0.25, -0.2) is 4.79 Å². The van der Waals surface area contributed by atoms with E-state index in [4.69, 9.17) is 0 Å². The van der Waals surface area contributed by atoms with Gasteiger partial charge in [0.25, 0.3) is 0 Å². The fourth-order valence-electron chi connectivity index (χ4n) is 2.33. The van der Waals surface area contributed by atoms with Gasteiger partial charge in [-0.1, -0.05) is 18.2 Å². The van der Waals surface area contributed by atoms with Crippen molar-refractivity contribution in [3.8, 4) is 0 Å². The molecule has 3 N–H and O–H groups in total. The lowest BCUT2D eigenvalue weighted by Crippen LogP contribution is -2.30. The Morgan fingerprint density at radius 2 is 1.83 bits per heavy atom. The Hall–Kier alpha value is -2.54. The van der Waals surface area contributed by atoms with Crippen LogP contribution in [0.3, 0.4) is 0 Å². The van der Waals surface area contributed by atoms with Crippen LogP contribution >= 0.6 is 15.9 Å². The van der Waals surface area contributed by atoms with Crippen LogP contribution in [0.1, 0.15) is 0 Å². The number of carbonyl (C=O) groups is 1. The van der Waals surface area contributed by atoms with E-state index in [0.29, 0.717) is 21.2 Å². The van der Waals surface area contributed by atoms with Crippen LogP contribution in [0.4, 0.5) is 11.4 Å². The Morgan fingerprint density at radius 1 is 1.17 bits per heavy atom. The van der Waals surface area contributed by atoms with Gasteiger partial charge < -0.3 is 20.2 Å². The van der Waals surface area contributed by atoms with Crippen molar-refractivity contribution in [1.82, 2.24) is 9.97 Å². The van der Waals surface area contributed by atoms with E-state index in [-0.39, 0.29) is 18.1 Å². The summed E-state index contributed by atoms with van der Waals surface area (Å²) in [7, 11) is 1.86. The topological polar surface area (TPSA) is 81.0 Å². The first-order chi connectivity index (χ1) is 11.0. The third-order valence-corrected chi connectivity index (χ3v) is 4.11. The van der Waals surface area contributed by atoms with E-state index >= 15 is 0 Å². The maximum atomic E-state index is 12.2. The number of carbonyl (C=O) groups excluding carboxylic acids is 1. The highest BCUT2D eigenvalue weighted by molar-refractivity contribution is 9.10. The zero-order valence-electron chi connectivity index (χ0n) is 12.4. The number of anilines is 2. The van der Waals surface area contributed by atoms with E-state index in [1.54, 1.807) is 12.1 Å². The molecule has 1 amide bonds. The molecule has 1 aromatic heterocycles. The molecule has 0 fully saturated rings. The van der Waals surface area contributed by atoms with Gasteiger partial charge in [0.2, 0.25) is 5.91 Å². The molecule has 0 aliphatic heterocycles. The fraction of sp³-hybridized carbons (Fsp3) is 0.125. The maximum absolute atomic E-state index is 12.2. The summed E-state index contributed by atoms with van der Waals surface area (Å²) < 4.78 is 0.705. The molecule has 0 bridgehead atoms. The molecule has 3 aromatic rings. The molecule has 7 heteroatoms. The number of aromatic amines is 2. The second-order valence-corrected chi connectivity index (χ2v) is 6.05. The standard InChI is InChI=1S/C16H15BrN4O2/c1-21(10-5-3-2-4-6-10)9-15(22)18-12-8-14-13(7-11(12)17)19-16(23)20-14/h2-8H,9H2,1H3,(H,18,22)(H2,19,20,23). The smallest absolute Gasteiger partial charge is 0.323 e. The first-order valence-electron chi connectivity index (χ1n) is 7.00. The van der Waals surface area contributed by atoms with Crippen molar-refractivity contribution in [2.45, 2.75) is 0 Å². The summed E-state index contributed by atoms with van der Waals surface area (Å²) in [4.78, 5) is 30.8. The summed E-state index contributed by atoms with van der Waals surface area (Å²) in [6, 6.07) is 13.1. The number of hydrogen-bond acceptors (Lipinski definition) is 3. The van der Waals surface area contributed by atoms with Crippen molar-refractivity contribution in [2.24, 2.45) is 0 Å².